The number of carbonyl (C=O) groups excluding carboxylic acids is 1. The number of aromatic nitrogens is 1. The van der Waals surface area contributed by atoms with Crippen molar-refractivity contribution in [2.24, 2.45) is 0 Å². The summed E-state index contributed by atoms with van der Waals surface area (Å²) in [7, 11) is 0. The Kier molecular flexibility index (Phi) is 4.19. The summed E-state index contributed by atoms with van der Waals surface area (Å²) < 4.78 is 5.57. The van der Waals surface area contributed by atoms with E-state index in [9.17, 15) is 14.9 Å². The highest BCUT2D eigenvalue weighted by molar-refractivity contribution is 9.10. The first-order chi connectivity index (χ1) is 9.52. The normalized spacial score (nSPS) is 11.6. The number of benzene rings is 1. The number of nitro groups is 1. The van der Waals surface area contributed by atoms with Gasteiger partial charge in [-0.1, -0.05) is 22.0 Å². The highest BCUT2D eigenvalue weighted by atomic mass is 79.9. The van der Waals surface area contributed by atoms with Gasteiger partial charge in [-0.05, 0) is 19.1 Å². The molecule has 20 heavy (non-hydrogen) atoms. The third-order valence-corrected chi connectivity index (χ3v) is 3.14. The van der Waals surface area contributed by atoms with Gasteiger partial charge in [-0.3, -0.25) is 10.1 Å². The predicted octanol–water partition coefficient (Wildman–Crippen LogP) is 3.11. The van der Waals surface area contributed by atoms with E-state index in [0.717, 1.165) is 15.4 Å². The largest absolute Gasteiger partial charge is 0.458 e. The SMILES string of the molecule is CCOC(=O)C(=Cc1c[nH]c2cc(Br)ccc12)[N+](=O)[O-]. The van der Waals surface area contributed by atoms with Gasteiger partial charge in [0.2, 0.25) is 0 Å². The number of ether oxygens (including phenoxy) is 1. The maximum Gasteiger partial charge on any atom is 0.409 e. The number of halogens is 1. The number of aromatic amines is 1. The molecule has 0 atom stereocenters. The van der Waals surface area contributed by atoms with E-state index in [4.69, 9.17) is 0 Å². The lowest BCUT2D eigenvalue weighted by Gasteiger charge is -1.99. The fourth-order valence-corrected chi connectivity index (χ4v) is 2.14. The summed E-state index contributed by atoms with van der Waals surface area (Å²) in [6.07, 6.45) is 2.82. The van der Waals surface area contributed by atoms with Crippen LogP contribution < -0.4 is 0 Å². The summed E-state index contributed by atoms with van der Waals surface area (Å²) in [6.45, 7) is 1.68. The number of esters is 1. The van der Waals surface area contributed by atoms with Crippen molar-refractivity contribution in [2.45, 2.75) is 6.92 Å². The van der Waals surface area contributed by atoms with Crippen LogP contribution in [0, 0.1) is 10.1 Å². The Bertz CT molecular complexity index is 705. The van der Waals surface area contributed by atoms with Crippen molar-refractivity contribution in [3.8, 4) is 0 Å². The van der Waals surface area contributed by atoms with Crippen LogP contribution in [0.3, 0.4) is 0 Å². The molecule has 0 bridgehead atoms. The Labute approximate surface area is 122 Å². The van der Waals surface area contributed by atoms with E-state index < -0.39 is 16.6 Å². The van der Waals surface area contributed by atoms with Crippen molar-refractivity contribution in [3.63, 3.8) is 0 Å². The molecular weight excluding hydrogens is 328 g/mol. The van der Waals surface area contributed by atoms with Gasteiger partial charge in [0, 0.05) is 33.2 Å². The van der Waals surface area contributed by atoms with E-state index in [0.29, 0.717) is 5.56 Å². The van der Waals surface area contributed by atoms with Crippen molar-refractivity contribution in [3.05, 3.63) is 50.2 Å². The van der Waals surface area contributed by atoms with Crippen LogP contribution in [-0.2, 0) is 9.53 Å². The van der Waals surface area contributed by atoms with Crippen LogP contribution in [0.25, 0.3) is 17.0 Å². The van der Waals surface area contributed by atoms with Gasteiger partial charge in [0.1, 0.15) is 0 Å². The number of nitrogens with zero attached hydrogens (tertiary/aromatic N) is 1. The number of H-pyrrole nitrogens is 1. The average molecular weight is 339 g/mol. The van der Waals surface area contributed by atoms with Gasteiger partial charge in [-0.15, -0.1) is 0 Å². The van der Waals surface area contributed by atoms with Crippen LogP contribution in [0.2, 0.25) is 0 Å². The second-order valence-electron chi connectivity index (χ2n) is 3.94. The lowest BCUT2D eigenvalue weighted by molar-refractivity contribution is -0.419. The molecule has 1 N–H and O–H groups in total. The molecule has 0 radical (unpaired) electrons. The van der Waals surface area contributed by atoms with Gasteiger partial charge in [-0.25, -0.2) is 4.79 Å². The topological polar surface area (TPSA) is 85.2 Å². The van der Waals surface area contributed by atoms with Crippen molar-refractivity contribution in [1.29, 1.82) is 0 Å². The first-order valence-electron chi connectivity index (χ1n) is 5.82. The summed E-state index contributed by atoms with van der Waals surface area (Å²) in [5.41, 5.74) is 0.792. The molecule has 1 aromatic heterocycles. The standard InChI is InChI=1S/C13H11BrN2O4/c1-2-20-13(17)12(16(18)19)5-8-7-15-11-6-9(14)3-4-10(8)11/h3-7,15H,2H2,1H3. The van der Waals surface area contributed by atoms with E-state index in [2.05, 4.69) is 25.7 Å². The molecule has 1 aromatic carbocycles. The van der Waals surface area contributed by atoms with Crippen LogP contribution in [0.1, 0.15) is 12.5 Å². The van der Waals surface area contributed by atoms with Crippen LogP contribution in [0.5, 0.6) is 0 Å². The Balaban J connectivity index is 2.48. The van der Waals surface area contributed by atoms with E-state index >= 15 is 0 Å². The van der Waals surface area contributed by atoms with Crippen molar-refractivity contribution >= 4 is 38.9 Å². The third-order valence-electron chi connectivity index (χ3n) is 2.65. The molecule has 0 saturated carbocycles. The smallest absolute Gasteiger partial charge is 0.409 e. The molecule has 0 spiro atoms. The first kappa shape index (κ1) is 14.3. The first-order valence-corrected chi connectivity index (χ1v) is 6.62. The Hall–Kier alpha value is -2.15. The van der Waals surface area contributed by atoms with Crippen LogP contribution in [0.4, 0.5) is 0 Å². The number of fused-ring (bicyclic) bond motifs is 1. The maximum atomic E-state index is 11.6. The molecule has 2 rings (SSSR count). The van der Waals surface area contributed by atoms with Crippen LogP contribution in [-0.4, -0.2) is 22.5 Å². The van der Waals surface area contributed by atoms with Crippen molar-refractivity contribution in [2.75, 3.05) is 6.61 Å². The van der Waals surface area contributed by atoms with Crippen LogP contribution >= 0.6 is 15.9 Å². The van der Waals surface area contributed by atoms with Crippen molar-refractivity contribution < 1.29 is 14.5 Å². The number of hydrogen-bond donors (Lipinski definition) is 1. The quantitative estimate of drug-likeness (QED) is 0.401. The molecule has 0 aliphatic rings. The van der Waals surface area contributed by atoms with E-state index in [1.54, 1.807) is 13.1 Å². The van der Waals surface area contributed by atoms with Gasteiger partial charge in [0.25, 0.3) is 0 Å². The molecule has 0 saturated heterocycles. The zero-order valence-corrected chi connectivity index (χ0v) is 12.1. The highest BCUT2D eigenvalue weighted by Gasteiger charge is 2.23. The van der Waals surface area contributed by atoms with E-state index in [-0.39, 0.29) is 6.61 Å². The average Bonchev–Trinajstić information content (AvgIpc) is 2.77. The molecule has 0 aliphatic carbocycles. The number of hydrogen-bond acceptors (Lipinski definition) is 4. The molecular formula is C13H11BrN2O4. The molecule has 1 heterocycles. The predicted molar refractivity (Wildman–Crippen MR) is 77.6 cm³/mol. The summed E-state index contributed by atoms with van der Waals surface area (Å²) in [5.74, 6) is -0.941. The van der Waals surface area contributed by atoms with Gasteiger partial charge in [-0.2, -0.15) is 0 Å². The number of rotatable bonds is 4. The summed E-state index contributed by atoms with van der Waals surface area (Å²) in [4.78, 5) is 24.8. The Morgan fingerprint density at radius 2 is 2.30 bits per heavy atom. The maximum absolute atomic E-state index is 11.6. The zero-order chi connectivity index (χ0) is 14.7. The van der Waals surface area contributed by atoms with Gasteiger partial charge in [0.05, 0.1) is 11.5 Å². The molecule has 0 fully saturated rings. The van der Waals surface area contributed by atoms with Crippen molar-refractivity contribution in [1.82, 2.24) is 4.98 Å². The van der Waals surface area contributed by atoms with Gasteiger partial charge < -0.3 is 9.72 Å². The summed E-state index contributed by atoms with van der Waals surface area (Å²) >= 11 is 3.34. The molecule has 0 unspecified atom stereocenters. The molecule has 0 aliphatic heterocycles. The molecule has 104 valence electrons. The molecule has 2 aromatic rings. The fourth-order valence-electron chi connectivity index (χ4n) is 1.78. The van der Waals surface area contributed by atoms with E-state index in [1.165, 1.54) is 6.08 Å². The number of nitrogens with one attached hydrogen (secondary N) is 1. The minimum atomic E-state index is -0.941. The minimum absolute atomic E-state index is 0.0881. The highest BCUT2D eigenvalue weighted by Crippen LogP contribution is 2.24. The Morgan fingerprint density at radius 1 is 1.55 bits per heavy atom. The zero-order valence-electron chi connectivity index (χ0n) is 10.6. The van der Waals surface area contributed by atoms with Gasteiger partial charge >= 0.3 is 11.7 Å². The van der Waals surface area contributed by atoms with Gasteiger partial charge in [0.15, 0.2) is 0 Å². The molecule has 6 nitrogen and oxygen atoms in total. The second-order valence-corrected chi connectivity index (χ2v) is 4.86. The molecule has 7 heteroatoms. The summed E-state index contributed by atoms with van der Waals surface area (Å²) in [5, 5.41) is 11.7. The monoisotopic (exact) mass is 338 g/mol. The second kappa shape index (κ2) is 5.87. The third kappa shape index (κ3) is 2.88. The lowest BCUT2D eigenvalue weighted by Crippen LogP contribution is -2.14. The fraction of sp³-hybridized carbons (Fsp3) is 0.154. The minimum Gasteiger partial charge on any atom is -0.458 e. The lowest BCUT2D eigenvalue weighted by atomic mass is 10.1. The summed E-state index contributed by atoms with van der Waals surface area (Å²) in [6, 6.07) is 5.48. The Morgan fingerprint density at radius 3 is 2.95 bits per heavy atom. The van der Waals surface area contributed by atoms with E-state index in [1.807, 2.05) is 18.2 Å². The molecule has 0 amide bonds. The van der Waals surface area contributed by atoms with Crippen LogP contribution in [0.15, 0.2) is 34.6 Å². The number of carbonyl (C=O) groups is 1.